The second kappa shape index (κ2) is 6.29. The number of nitrogens with zero attached hydrogens (tertiary/aromatic N) is 1. The Morgan fingerprint density at radius 2 is 2.00 bits per heavy atom. The number of benzene rings is 1. The number of hydrogen-bond acceptors (Lipinski definition) is 5. The zero-order chi connectivity index (χ0) is 15.5. The second-order valence-corrected chi connectivity index (χ2v) is 6.64. The summed E-state index contributed by atoms with van der Waals surface area (Å²) < 4.78 is 22.4. The van der Waals surface area contributed by atoms with E-state index in [4.69, 9.17) is 5.14 Å². The van der Waals surface area contributed by atoms with Crippen molar-refractivity contribution in [3.8, 4) is 0 Å². The fourth-order valence-electron chi connectivity index (χ4n) is 1.94. The maximum Gasteiger partial charge on any atom is 0.274 e. The number of nitro groups is 1. The van der Waals surface area contributed by atoms with Gasteiger partial charge in [0.15, 0.2) is 0 Å². The average molecular weight is 302 g/mol. The van der Waals surface area contributed by atoms with Crippen molar-refractivity contribution < 1.29 is 18.4 Å². The molecule has 0 fully saturated rings. The van der Waals surface area contributed by atoms with Crippen LogP contribution in [-0.4, -0.2) is 24.6 Å². The highest BCUT2D eigenvalue weighted by molar-refractivity contribution is 7.89. The lowest BCUT2D eigenvalue weighted by Gasteiger charge is -2.13. The Bertz CT molecular complexity index is 598. The molecule has 0 aliphatic heterocycles. The van der Waals surface area contributed by atoms with Crippen LogP contribution in [0.25, 0.3) is 0 Å². The van der Waals surface area contributed by atoms with Gasteiger partial charge in [-0.3, -0.25) is 10.1 Å². The molecule has 1 rings (SSSR count). The number of nitro benzene ring substituents is 1. The predicted octanol–water partition coefficient (Wildman–Crippen LogP) is 1.19. The van der Waals surface area contributed by atoms with Crippen LogP contribution in [0.15, 0.2) is 23.1 Å². The van der Waals surface area contributed by atoms with Gasteiger partial charge in [-0.2, -0.15) is 0 Å². The van der Waals surface area contributed by atoms with Crippen LogP contribution in [0.3, 0.4) is 0 Å². The van der Waals surface area contributed by atoms with Crippen LogP contribution >= 0.6 is 0 Å². The predicted molar refractivity (Wildman–Crippen MR) is 73.6 cm³/mol. The Morgan fingerprint density at radius 1 is 1.40 bits per heavy atom. The fraction of sp³-hybridized carbons (Fsp3) is 0.500. The first kappa shape index (κ1) is 16.5. The van der Waals surface area contributed by atoms with E-state index >= 15 is 0 Å². The third kappa shape index (κ3) is 4.55. The van der Waals surface area contributed by atoms with Crippen LogP contribution in [-0.2, 0) is 16.4 Å². The minimum atomic E-state index is -3.99. The standard InChI is InChI=1S/C12H18N2O5S/c1-8(2)5-10(15)6-9-3-4-11(20(13,18)19)7-12(9)14(16)17/h3-4,7-8,10,15H,5-6H2,1-2H3,(H2,13,18,19). The molecular weight excluding hydrogens is 284 g/mol. The van der Waals surface area contributed by atoms with E-state index in [1.807, 2.05) is 13.8 Å². The van der Waals surface area contributed by atoms with Crippen molar-refractivity contribution >= 4 is 15.7 Å². The summed E-state index contributed by atoms with van der Waals surface area (Å²) in [5, 5.41) is 25.8. The SMILES string of the molecule is CC(C)CC(O)Cc1ccc(S(N)(=O)=O)cc1[N+](=O)[O-]. The molecule has 1 atom stereocenters. The highest BCUT2D eigenvalue weighted by Gasteiger charge is 2.21. The van der Waals surface area contributed by atoms with Gasteiger partial charge in [-0.25, -0.2) is 13.6 Å². The largest absolute Gasteiger partial charge is 0.393 e. The van der Waals surface area contributed by atoms with Gasteiger partial charge in [0.25, 0.3) is 5.69 Å². The summed E-state index contributed by atoms with van der Waals surface area (Å²) in [5.41, 5.74) is -0.0603. The normalized spacial score (nSPS) is 13.4. The summed E-state index contributed by atoms with van der Waals surface area (Å²) in [6.07, 6.45) is -0.109. The number of primary sulfonamides is 1. The van der Waals surface area contributed by atoms with Crippen LogP contribution in [0.4, 0.5) is 5.69 Å². The molecule has 1 aromatic carbocycles. The fourth-order valence-corrected chi connectivity index (χ4v) is 2.48. The van der Waals surface area contributed by atoms with Crippen LogP contribution in [0, 0.1) is 16.0 Å². The third-order valence-electron chi connectivity index (χ3n) is 2.78. The Hall–Kier alpha value is -1.51. The lowest BCUT2D eigenvalue weighted by atomic mass is 9.99. The van der Waals surface area contributed by atoms with Crippen LogP contribution in [0.2, 0.25) is 0 Å². The zero-order valence-electron chi connectivity index (χ0n) is 11.3. The van der Waals surface area contributed by atoms with Gasteiger partial charge in [0.05, 0.1) is 15.9 Å². The number of sulfonamides is 1. The molecule has 0 saturated carbocycles. The highest BCUT2D eigenvalue weighted by atomic mass is 32.2. The van der Waals surface area contributed by atoms with Crippen molar-refractivity contribution in [3.63, 3.8) is 0 Å². The number of aliphatic hydroxyl groups is 1. The molecule has 7 nitrogen and oxygen atoms in total. The molecule has 112 valence electrons. The van der Waals surface area contributed by atoms with E-state index < -0.39 is 21.1 Å². The molecule has 1 aromatic rings. The molecule has 0 aliphatic rings. The molecule has 0 saturated heterocycles. The number of rotatable bonds is 6. The summed E-state index contributed by atoms with van der Waals surface area (Å²) in [4.78, 5) is 10.0. The Labute approximate surface area is 117 Å². The minimum absolute atomic E-state index is 0.0966. The lowest BCUT2D eigenvalue weighted by Crippen LogP contribution is -2.16. The van der Waals surface area contributed by atoms with Crippen LogP contribution in [0.1, 0.15) is 25.8 Å². The van der Waals surface area contributed by atoms with Gasteiger partial charge in [0.2, 0.25) is 10.0 Å². The molecule has 0 amide bonds. The molecule has 3 N–H and O–H groups in total. The molecule has 0 aliphatic carbocycles. The Kier molecular flexibility index (Phi) is 5.21. The molecule has 0 radical (unpaired) electrons. The topological polar surface area (TPSA) is 124 Å². The van der Waals surface area contributed by atoms with Crippen molar-refractivity contribution in [2.45, 2.75) is 37.7 Å². The van der Waals surface area contributed by atoms with Crippen molar-refractivity contribution in [2.75, 3.05) is 0 Å². The molecule has 0 aromatic heterocycles. The molecule has 8 heteroatoms. The first-order chi connectivity index (χ1) is 9.11. The van der Waals surface area contributed by atoms with E-state index in [1.165, 1.54) is 12.1 Å². The first-order valence-corrected chi connectivity index (χ1v) is 7.64. The van der Waals surface area contributed by atoms with Gasteiger partial charge in [0, 0.05) is 18.1 Å². The van der Waals surface area contributed by atoms with Gasteiger partial charge >= 0.3 is 0 Å². The van der Waals surface area contributed by atoms with Gasteiger partial charge in [-0.1, -0.05) is 19.9 Å². The summed E-state index contributed by atoms with van der Waals surface area (Å²) in [6.45, 7) is 3.86. The van der Waals surface area contributed by atoms with E-state index in [9.17, 15) is 23.6 Å². The highest BCUT2D eigenvalue weighted by Crippen LogP contribution is 2.24. The molecule has 0 spiro atoms. The maximum absolute atomic E-state index is 11.2. The molecule has 20 heavy (non-hydrogen) atoms. The molecule has 0 bridgehead atoms. The van der Waals surface area contributed by atoms with E-state index in [-0.39, 0.29) is 28.5 Å². The number of nitrogens with two attached hydrogens (primary N) is 1. The summed E-state index contributed by atoms with van der Waals surface area (Å²) in [5.74, 6) is 0.257. The molecular formula is C12H18N2O5S. The number of aliphatic hydroxyl groups excluding tert-OH is 1. The summed E-state index contributed by atoms with van der Waals surface area (Å²) in [7, 11) is -3.99. The van der Waals surface area contributed by atoms with Crippen molar-refractivity contribution in [1.29, 1.82) is 0 Å². The van der Waals surface area contributed by atoms with Gasteiger partial charge in [-0.05, 0) is 18.4 Å². The van der Waals surface area contributed by atoms with Gasteiger partial charge in [0.1, 0.15) is 0 Å². The van der Waals surface area contributed by atoms with Crippen molar-refractivity contribution in [3.05, 3.63) is 33.9 Å². The van der Waals surface area contributed by atoms with E-state index in [0.29, 0.717) is 6.42 Å². The third-order valence-corrected chi connectivity index (χ3v) is 3.69. The summed E-state index contributed by atoms with van der Waals surface area (Å²) >= 11 is 0. The van der Waals surface area contributed by atoms with E-state index in [2.05, 4.69) is 0 Å². The smallest absolute Gasteiger partial charge is 0.274 e. The maximum atomic E-state index is 11.2. The van der Waals surface area contributed by atoms with Gasteiger partial charge < -0.3 is 5.11 Å². The quantitative estimate of drug-likeness (QED) is 0.603. The molecule has 1 unspecified atom stereocenters. The van der Waals surface area contributed by atoms with Crippen LogP contribution in [0.5, 0.6) is 0 Å². The van der Waals surface area contributed by atoms with Crippen molar-refractivity contribution in [1.82, 2.24) is 0 Å². The minimum Gasteiger partial charge on any atom is -0.393 e. The number of hydrogen-bond donors (Lipinski definition) is 2. The van der Waals surface area contributed by atoms with Crippen LogP contribution < -0.4 is 5.14 Å². The lowest BCUT2D eigenvalue weighted by molar-refractivity contribution is -0.385. The molecule has 0 heterocycles. The second-order valence-electron chi connectivity index (χ2n) is 5.08. The Morgan fingerprint density at radius 3 is 2.45 bits per heavy atom. The monoisotopic (exact) mass is 302 g/mol. The summed E-state index contributed by atoms with van der Waals surface area (Å²) in [6, 6.07) is 3.45. The van der Waals surface area contributed by atoms with E-state index in [0.717, 1.165) is 6.07 Å². The van der Waals surface area contributed by atoms with E-state index in [1.54, 1.807) is 0 Å². The van der Waals surface area contributed by atoms with Crippen molar-refractivity contribution in [2.24, 2.45) is 11.1 Å². The zero-order valence-corrected chi connectivity index (χ0v) is 12.1. The first-order valence-electron chi connectivity index (χ1n) is 6.09. The Balaban J connectivity index is 3.12. The van der Waals surface area contributed by atoms with Gasteiger partial charge in [-0.15, -0.1) is 0 Å². The average Bonchev–Trinajstić information content (AvgIpc) is 2.26.